The van der Waals surface area contributed by atoms with Gasteiger partial charge in [0.25, 0.3) is 0 Å². The van der Waals surface area contributed by atoms with Crippen LogP contribution in [0.1, 0.15) is 126 Å². The largest absolute Gasteiger partial charge is 0.490 e. The van der Waals surface area contributed by atoms with Gasteiger partial charge in [0.05, 0.1) is 52.8 Å². The first-order chi connectivity index (χ1) is 55.4. The Hall–Kier alpha value is -7.42. The molecule has 13 rings (SSSR count). The van der Waals surface area contributed by atoms with Gasteiger partial charge in [0, 0.05) is 129 Å². The Morgan fingerprint density at radius 3 is 1.25 bits per heavy atom. The number of carbonyl (C=O) groups excluding carboxylic acids is 2. The minimum Gasteiger partial charge on any atom is -0.444 e. The van der Waals surface area contributed by atoms with E-state index in [4.69, 9.17) is 69.5 Å². The van der Waals surface area contributed by atoms with Crippen molar-refractivity contribution in [3.05, 3.63) is 150 Å². The smallest absolute Gasteiger partial charge is 0.444 e. The summed E-state index contributed by atoms with van der Waals surface area (Å²) in [6, 6.07) is 37.1. The molecule has 0 N–H and O–H groups in total. The van der Waals surface area contributed by atoms with Gasteiger partial charge in [0.1, 0.15) is 54.9 Å². The third-order valence-corrected chi connectivity index (χ3v) is 29.2. The van der Waals surface area contributed by atoms with Crippen LogP contribution in [0.25, 0.3) is 61.6 Å². The van der Waals surface area contributed by atoms with Crippen molar-refractivity contribution >= 4 is 91.7 Å². The summed E-state index contributed by atoms with van der Waals surface area (Å²) in [7, 11) is -5.27. The lowest BCUT2D eigenvalue weighted by Crippen LogP contribution is -2.54. The quantitative estimate of drug-likeness (QED) is 0.0193. The zero-order valence-electron chi connectivity index (χ0n) is 74.6. The van der Waals surface area contributed by atoms with E-state index >= 15 is 0 Å². The van der Waals surface area contributed by atoms with Crippen molar-refractivity contribution in [2.24, 2.45) is 0 Å². The Bertz CT molecular complexity index is 4670. The van der Waals surface area contributed by atoms with Crippen molar-refractivity contribution in [3.63, 3.8) is 0 Å². The maximum Gasteiger partial charge on any atom is 0.490 e. The van der Waals surface area contributed by atoms with Crippen LogP contribution >= 0.6 is 11.6 Å². The predicted molar refractivity (Wildman–Crippen MR) is 490 cm³/mol. The zero-order valence-corrected chi connectivity index (χ0v) is 79.3. The van der Waals surface area contributed by atoms with Crippen LogP contribution in [0.2, 0.25) is 108 Å². The molecule has 5 aliphatic rings. The number of amides is 2. The molecule has 8 aromatic rings. The maximum atomic E-state index is 13.5. The minimum absolute atomic E-state index is 0.0464. The van der Waals surface area contributed by atoms with Crippen molar-refractivity contribution in [1.29, 1.82) is 0 Å². The fourth-order valence-electron chi connectivity index (χ4n) is 14.8. The van der Waals surface area contributed by atoms with Crippen LogP contribution in [-0.4, -0.2) is 200 Å². The molecule has 2 amide bonds. The zero-order chi connectivity index (χ0) is 85.3. The van der Waals surface area contributed by atoms with E-state index in [0.717, 1.165) is 142 Å². The van der Waals surface area contributed by atoms with Gasteiger partial charge in [0.15, 0.2) is 11.3 Å². The number of ether oxygens (including phenoxy) is 6. The first-order valence-electron chi connectivity index (χ1n) is 42.5. The van der Waals surface area contributed by atoms with E-state index in [0.29, 0.717) is 70.6 Å². The van der Waals surface area contributed by atoms with Gasteiger partial charge < -0.3 is 47.5 Å². The Morgan fingerprint density at radius 2 is 0.881 bits per heavy atom. The molecule has 4 bridgehead atoms. The molecular formula is C90H132BClN12O10Si4. The number of rotatable bonds is 28. The number of aromatic nitrogens is 8. The van der Waals surface area contributed by atoms with Crippen molar-refractivity contribution in [2.75, 3.05) is 63.2 Å². The van der Waals surface area contributed by atoms with Gasteiger partial charge >= 0.3 is 19.3 Å². The van der Waals surface area contributed by atoms with Crippen LogP contribution in [-0.2, 0) is 37.7 Å². The molecule has 4 atom stereocenters. The lowest BCUT2D eigenvalue weighted by Gasteiger charge is -2.45. The second kappa shape index (κ2) is 38.3. The van der Waals surface area contributed by atoms with Crippen LogP contribution in [0.5, 0.6) is 0 Å². The molecule has 6 aromatic heterocycles. The van der Waals surface area contributed by atoms with E-state index in [1.54, 1.807) is 0 Å². The van der Waals surface area contributed by atoms with E-state index in [9.17, 15) is 9.59 Å². The Kier molecular flexibility index (Phi) is 29.7. The van der Waals surface area contributed by atoms with Crippen molar-refractivity contribution in [1.82, 2.24) is 49.0 Å². The Morgan fingerprint density at radius 1 is 0.492 bits per heavy atom. The van der Waals surface area contributed by atoms with E-state index in [1.807, 2.05) is 145 Å². The first kappa shape index (κ1) is 91.3. The van der Waals surface area contributed by atoms with Gasteiger partial charge in [-0.3, -0.25) is 19.8 Å². The van der Waals surface area contributed by atoms with Crippen LogP contribution in [0.4, 0.5) is 21.2 Å². The average molecular weight is 1700 g/mol. The fraction of sp³-hybridized carbons (Fsp3) is 0.556. The third-order valence-electron chi connectivity index (χ3n) is 22.2. The number of nitrogens with zero attached hydrogens (tertiary/aromatic N) is 12. The highest BCUT2D eigenvalue weighted by Crippen LogP contribution is 2.44. The number of benzene rings is 2. The summed E-state index contributed by atoms with van der Waals surface area (Å²) >= 11 is 6.57. The Balaban J connectivity index is 0.000000186. The number of carbonyl (C=O) groups is 2. The lowest BCUT2D eigenvalue weighted by molar-refractivity contribution is -0.00184. The van der Waals surface area contributed by atoms with Gasteiger partial charge in [-0.2, -0.15) is 19.2 Å². The highest BCUT2D eigenvalue weighted by atomic mass is 35.5. The third kappa shape index (κ3) is 25.1. The monoisotopic (exact) mass is 1700 g/mol. The number of anilines is 2. The average Bonchev–Trinajstić information content (AvgIpc) is 1.45. The van der Waals surface area contributed by atoms with Crippen molar-refractivity contribution in [3.8, 4) is 44.8 Å². The molecule has 3 fully saturated rings. The highest BCUT2D eigenvalue weighted by Gasteiger charge is 2.54. The summed E-state index contributed by atoms with van der Waals surface area (Å²) < 4.78 is 52.7. The van der Waals surface area contributed by atoms with Crippen LogP contribution < -0.4 is 9.80 Å². The normalized spacial score (nSPS) is 18.8. The maximum absolute atomic E-state index is 13.5. The molecule has 2 aromatic carbocycles. The summed E-state index contributed by atoms with van der Waals surface area (Å²) in [5.74, 6) is 1.64. The number of hydrogen-bond acceptors (Lipinski definition) is 18. The standard InChI is InChI=1S/C42H60N6O4Si2.C29H40ClN5O2Si2.C19H32BNO4/c1-42(2,3)52-41(49)47-34-16-13-17-35(47)25-33(24-34)38-26-39(46(29-50-20-22-53(4,5)6)30-51-21-23-54(7,8)9)48-40(45-38)36(28-44-48)32-18-19-37(43-27-32)31-14-11-10-12-15-31;1-38(2,3)16-14-36-21-34(22-37-15-17-39(4,5)6)28-18-27(30)33-29-25(20-32-35(28)29)24-12-13-26(31-19-24)23-10-8-7-9-11-23;1-17(2,3)23-16(22)21-14-9-8-10-15(21)12-13(11-14)20-24-18(4,5)19(6,7)25-20/h10-12,14-15,18-19,24,26-28,34-35H,13,16-17,20-23,25,29-30H2,1-9H3;7-13,18-20H,14-17,21-22H2,1-6H3;11,14-15H,8-10,12H2,1-7H3. The molecule has 0 aliphatic carbocycles. The Labute approximate surface area is 711 Å². The van der Waals surface area contributed by atoms with Gasteiger partial charge in [-0.05, 0) is 168 Å². The number of hydrogen-bond donors (Lipinski definition) is 0. The van der Waals surface area contributed by atoms with Crippen molar-refractivity contribution in [2.45, 2.75) is 270 Å². The second-order valence-corrected chi connectivity index (χ2v) is 63.0. The number of fused-ring (bicyclic) bond motifs is 6. The molecule has 638 valence electrons. The lowest BCUT2D eigenvalue weighted by atomic mass is 9.69. The summed E-state index contributed by atoms with van der Waals surface area (Å²) in [4.78, 5) is 53.7. The van der Waals surface area contributed by atoms with Crippen LogP contribution in [0.3, 0.4) is 0 Å². The molecule has 0 saturated carbocycles. The van der Waals surface area contributed by atoms with E-state index in [1.165, 1.54) is 5.47 Å². The molecule has 0 radical (unpaired) electrons. The highest BCUT2D eigenvalue weighted by molar-refractivity contribution is 6.77. The summed E-state index contributed by atoms with van der Waals surface area (Å²) in [6.07, 6.45) is 19.0. The topological polar surface area (TPSA) is 207 Å². The molecule has 0 spiro atoms. The van der Waals surface area contributed by atoms with Gasteiger partial charge in [-0.15, -0.1) is 0 Å². The van der Waals surface area contributed by atoms with Crippen molar-refractivity contribution < 1.29 is 47.3 Å². The van der Waals surface area contributed by atoms with Gasteiger partial charge in [-0.1, -0.05) is 175 Å². The fourth-order valence-corrected chi connectivity index (χ4v) is 18.0. The second-order valence-electron chi connectivity index (χ2n) is 40.1. The first-order valence-corrected chi connectivity index (χ1v) is 57.7. The molecule has 22 nitrogen and oxygen atoms in total. The summed E-state index contributed by atoms with van der Waals surface area (Å²) in [5, 5.41) is 10.0. The van der Waals surface area contributed by atoms with E-state index in [2.05, 4.69) is 176 Å². The molecule has 11 heterocycles. The molecule has 118 heavy (non-hydrogen) atoms. The molecule has 4 unspecified atom stereocenters. The summed E-state index contributed by atoms with van der Waals surface area (Å²) in [5.41, 5.74) is 10.5. The minimum atomic E-state index is -1.28. The molecular weight excluding hydrogens is 1570 g/mol. The van der Waals surface area contributed by atoms with Gasteiger partial charge in [-0.25, -0.2) is 19.6 Å². The molecule has 3 saturated heterocycles. The van der Waals surface area contributed by atoms with Crippen LogP contribution in [0, 0.1) is 0 Å². The molecule has 28 heteroatoms. The predicted octanol–water partition coefficient (Wildman–Crippen LogP) is 21.5. The number of piperidine rings is 2. The summed E-state index contributed by atoms with van der Waals surface area (Å²) in [6.45, 7) is 52.5. The number of pyridine rings is 2. The van der Waals surface area contributed by atoms with Crippen LogP contribution in [0.15, 0.2) is 139 Å². The van der Waals surface area contributed by atoms with E-state index in [-0.39, 0.29) is 54.7 Å². The number of halogens is 1. The van der Waals surface area contributed by atoms with E-state index < -0.39 is 43.5 Å². The van der Waals surface area contributed by atoms with Gasteiger partial charge in [0.2, 0.25) is 0 Å². The molecule has 5 aliphatic heterocycles. The SMILES string of the molecule is CC(C)(C)OC(=O)N1C2C=C(B3OC(C)(C)C(C)(C)O3)CC1CCC2.CC(C)(C)OC(=O)N1C2C=C(c3cc(N(COCC[Si](C)(C)C)COCC[Si](C)(C)C)n4ncc(-c5ccc(-c6ccccc6)nc5)c4n3)CC1CCC2.C[Si](C)(C)CCOCN(COCC[Si](C)(C)C)c1cc(Cl)nc2c(-c3ccc(-c4ccccc4)nc3)cnn12.